The highest BCUT2D eigenvalue weighted by Gasteiger charge is 1.88. The molecule has 0 bridgehead atoms. The molecule has 0 amide bonds. The van der Waals surface area contributed by atoms with Crippen molar-refractivity contribution in [1.82, 2.24) is 10.2 Å². The van der Waals surface area contributed by atoms with Crippen LogP contribution in [0.3, 0.4) is 0 Å². The van der Waals surface area contributed by atoms with Crippen LogP contribution in [-0.4, -0.2) is 43.1 Å². The highest BCUT2D eigenvalue weighted by atomic mass is 127. The molecule has 0 aliphatic rings. The van der Waals surface area contributed by atoms with Gasteiger partial charge in [0.15, 0.2) is 0 Å². The summed E-state index contributed by atoms with van der Waals surface area (Å²) in [5.41, 5.74) is 0. The summed E-state index contributed by atoms with van der Waals surface area (Å²) in [5, 5.41) is 3.36. The largest absolute Gasteiger partial charge is 0.316 e. The van der Waals surface area contributed by atoms with Crippen LogP contribution in [0, 0.1) is 0 Å². The quantitative estimate of drug-likeness (QED) is 0.432. The molecule has 2 nitrogen and oxygen atoms in total. The Kier molecular flexibility index (Phi) is 8.26. The van der Waals surface area contributed by atoms with Gasteiger partial charge in [-0.25, -0.2) is 0 Å². The lowest BCUT2D eigenvalue weighted by atomic mass is 10.4. The van der Waals surface area contributed by atoms with Gasteiger partial charge in [0.25, 0.3) is 0 Å². The monoisotopic (exact) mass is 256 g/mol. The van der Waals surface area contributed by atoms with Crippen LogP contribution in [0.25, 0.3) is 0 Å². The minimum absolute atomic E-state index is 1.15. The zero-order valence-corrected chi connectivity index (χ0v) is 9.02. The van der Waals surface area contributed by atoms with Crippen molar-refractivity contribution in [3.05, 3.63) is 0 Å². The molecule has 0 heterocycles. The molecule has 0 fully saturated rings. The lowest BCUT2D eigenvalue weighted by molar-refractivity contribution is 0.396. The van der Waals surface area contributed by atoms with Crippen molar-refractivity contribution in [3.8, 4) is 0 Å². The second kappa shape index (κ2) is 7.75. The van der Waals surface area contributed by atoms with Crippen LogP contribution in [0.1, 0.15) is 6.42 Å². The molecule has 0 aromatic rings. The zero-order valence-electron chi connectivity index (χ0n) is 6.86. The van der Waals surface area contributed by atoms with Crippen LogP contribution < -0.4 is 5.32 Å². The van der Waals surface area contributed by atoms with Gasteiger partial charge in [0.2, 0.25) is 0 Å². The second-order valence-corrected chi connectivity index (χ2v) is 3.67. The van der Waals surface area contributed by atoms with Gasteiger partial charge in [-0.2, -0.15) is 0 Å². The number of nitrogens with zero attached hydrogens (tertiary/aromatic N) is 1. The number of hydrogen-bond donors (Lipinski definition) is 1. The lowest BCUT2D eigenvalue weighted by Gasteiger charge is -2.08. The summed E-state index contributed by atoms with van der Waals surface area (Å²) < 4.78 is 1.21. The first kappa shape index (κ1) is 10.7. The minimum Gasteiger partial charge on any atom is -0.316 e. The van der Waals surface area contributed by atoms with Crippen molar-refractivity contribution in [3.63, 3.8) is 0 Å². The number of rotatable bonds is 6. The van der Waals surface area contributed by atoms with E-state index in [4.69, 9.17) is 0 Å². The summed E-state index contributed by atoms with van der Waals surface area (Å²) in [6, 6.07) is 0. The molecule has 3 heteroatoms. The van der Waals surface area contributed by atoms with Crippen LogP contribution in [0.4, 0.5) is 0 Å². The standard InChI is InChI=1S/C7H17IN2/c1-10(2)7-3-5-9-6-4-8/h9H,3-7H2,1-2H3. The summed E-state index contributed by atoms with van der Waals surface area (Å²) >= 11 is 2.38. The zero-order chi connectivity index (χ0) is 7.82. The van der Waals surface area contributed by atoms with E-state index in [0.717, 1.165) is 13.1 Å². The minimum atomic E-state index is 1.15. The molecule has 62 valence electrons. The van der Waals surface area contributed by atoms with Crippen molar-refractivity contribution < 1.29 is 0 Å². The first-order valence-corrected chi connectivity index (χ1v) is 5.21. The first-order chi connectivity index (χ1) is 4.77. The molecule has 0 atom stereocenters. The van der Waals surface area contributed by atoms with E-state index in [9.17, 15) is 0 Å². The molecular weight excluding hydrogens is 239 g/mol. The van der Waals surface area contributed by atoms with Crippen LogP contribution in [-0.2, 0) is 0 Å². The highest BCUT2D eigenvalue weighted by Crippen LogP contribution is 1.81. The highest BCUT2D eigenvalue weighted by molar-refractivity contribution is 14.1. The van der Waals surface area contributed by atoms with Gasteiger partial charge in [0.05, 0.1) is 0 Å². The van der Waals surface area contributed by atoms with Crippen LogP contribution in [0.5, 0.6) is 0 Å². The van der Waals surface area contributed by atoms with Gasteiger partial charge < -0.3 is 10.2 Å². The maximum atomic E-state index is 3.36. The van der Waals surface area contributed by atoms with Crippen LogP contribution in [0.2, 0.25) is 0 Å². The lowest BCUT2D eigenvalue weighted by Crippen LogP contribution is -2.22. The van der Waals surface area contributed by atoms with Crippen molar-refractivity contribution in [2.45, 2.75) is 6.42 Å². The Morgan fingerprint density at radius 3 is 2.50 bits per heavy atom. The smallest absolute Gasteiger partial charge is 0.0121 e. The Morgan fingerprint density at radius 2 is 2.00 bits per heavy atom. The summed E-state index contributed by atoms with van der Waals surface area (Å²) in [5.74, 6) is 0. The van der Waals surface area contributed by atoms with E-state index in [1.807, 2.05) is 0 Å². The molecular formula is C7H17IN2. The average molecular weight is 256 g/mol. The van der Waals surface area contributed by atoms with Crippen LogP contribution in [0.15, 0.2) is 0 Å². The summed E-state index contributed by atoms with van der Waals surface area (Å²) in [6.45, 7) is 3.49. The molecule has 0 aromatic heterocycles. The number of alkyl halides is 1. The Labute approximate surface area is 77.5 Å². The molecule has 0 radical (unpaired) electrons. The van der Waals surface area contributed by atoms with E-state index >= 15 is 0 Å². The Bertz CT molecular complexity index is 66.6. The number of nitrogens with one attached hydrogen (secondary N) is 1. The second-order valence-electron chi connectivity index (χ2n) is 2.60. The third-order valence-electron chi connectivity index (χ3n) is 1.23. The van der Waals surface area contributed by atoms with Gasteiger partial charge in [-0.05, 0) is 33.6 Å². The molecule has 0 aliphatic heterocycles. The SMILES string of the molecule is CN(C)CCCNCCI. The number of halogens is 1. The third kappa shape index (κ3) is 8.65. The van der Waals surface area contributed by atoms with Crippen molar-refractivity contribution in [1.29, 1.82) is 0 Å². The van der Waals surface area contributed by atoms with Gasteiger partial charge in [-0.1, -0.05) is 22.6 Å². The predicted molar refractivity (Wildman–Crippen MR) is 54.9 cm³/mol. The maximum Gasteiger partial charge on any atom is 0.0121 e. The van der Waals surface area contributed by atoms with E-state index in [1.54, 1.807) is 0 Å². The van der Waals surface area contributed by atoms with Gasteiger partial charge >= 0.3 is 0 Å². The molecule has 0 saturated heterocycles. The third-order valence-corrected chi connectivity index (χ3v) is 1.77. The fraction of sp³-hybridized carbons (Fsp3) is 1.00. The van der Waals surface area contributed by atoms with E-state index in [-0.39, 0.29) is 0 Å². The van der Waals surface area contributed by atoms with Gasteiger partial charge in [-0.3, -0.25) is 0 Å². The van der Waals surface area contributed by atoms with E-state index in [1.165, 1.54) is 17.4 Å². The molecule has 0 rings (SSSR count). The van der Waals surface area contributed by atoms with Crippen molar-refractivity contribution in [2.75, 3.05) is 38.2 Å². The Morgan fingerprint density at radius 1 is 1.30 bits per heavy atom. The van der Waals surface area contributed by atoms with Gasteiger partial charge in [-0.15, -0.1) is 0 Å². The molecule has 1 N–H and O–H groups in total. The predicted octanol–water partition coefficient (Wildman–Crippen LogP) is 0.963. The molecule has 0 unspecified atom stereocenters. The fourth-order valence-corrected chi connectivity index (χ4v) is 1.09. The molecule has 0 spiro atoms. The molecule has 0 saturated carbocycles. The fourth-order valence-electron chi connectivity index (χ4n) is 0.712. The number of hydrogen-bond acceptors (Lipinski definition) is 2. The normalized spacial score (nSPS) is 10.8. The van der Waals surface area contributed by atoms with Gasteiger partial charge in [0.1, 0.15) is 0 Å². The summed E-state index contributed by atoms with van der Waals surface area (Å²) in [4.78, 5) is 2.21. The molecule has 0 aromatic carbocycles. The van der Waals surface area contributed by atoms with E-state index in [2.05, 4.69) is 46.9 Å². The maximum absolute atomic E-state index is 3.36. The molecule has 0 aliphatic carbocycles. The van der Waals surface area contributed by atoms with Crippen LogP contribution >= 0.6 is 22.6 Å². The topological polar surface area (TPSA) is 15.3 Å². The molecule has 10 heavy (non-hydrogen) atoms. The van der Waals surface area contributed by atoms with E-state index in [0.29, 0.717) is 0 Å². The van der Waals surface area contributed by atoms with E-state index < -0.39 is 0 Å². The Balaban J connectivity index is 2.77. The summed E-state index contributed by atoms with van der Waals surface area (Å²) in [6.07, 6.45) is 1.25. The average Bonchev–Trinajstić information content (AvgIpc) is 1.87. The Hall–Kier alpha value is 0.650. The first-order valence-electron chi connectivity index (χ1n) is 3.69. The summed E-state index contributed by atoms with van der Waals surface area (Å²) in [7, 11) is 4.22. The van der Waals surface area contributed by atoms with Crippen molar-refractivity contribution in [2.24, 2.45) is 0 Å². The van der Waals surface area contributed by atoms with Crippen molar-refractivity contribution >= 4 is 22.6 Å². The van der Waals surface area contributed by atoms with Gasteiger partial charge in [0, 0.05) is 11.0 Å².